The van der Waals surface area contributed by atoms with Crippen LogP contribution in [0.25, 0.3) is 0 Å². The van der Waals surface area contributed by atoms with Gasteiger partial charge in [-0.3, -0.25) is 14.4 Å². The van der Waals surface area contributed by atoms with Gasteiger partial charge in [0, 0.05) is 25.0 Å². The Kier molecular flexibility index (Phi) is 5.27. The maximum absolute atomic E-state index is 12.9. The summed E-state index contributed by atoms with van der Waals surface area (Å²) in [4.78, 5) is 39.6. The van der Waals surface area contributed by atoms with E-state index in [4.69, 9.17) is 4.74 Å². The average Bonchev–Trinajstić information content (AvgIpc) is 3.08. The minimum Gasteiger partial charge on any atom is -0.452 e. The van der Waals surface area contributed by atoms with E-state index in [9.17, 15) is 14.4 Å². The third-order valence-electron chi connectivity index (χ3n) is 7.85. The van der Waals surface area contributed by atoms with E-state index < -0.39 is 18.0 Å². The Hall–Kier alpha value is -2.37. The molecular weight excluding hydrogens is 392 g/mol. The average molecular weight is 425 g/mol. The van der Waals surface area contributed by atoms with Crippen molar-refractivity contribution in [2.24, 2.45) is 23.7 Å². The molecule has 6 nitrogen and oxygen atoms in total. The van der Waals surface area contributed by atoms with Crippen LogP contribution < -0.4 is 5.32 Å². The molecule has 166 valence electrons. The summed E-state index contributed by atoms with van der Waals surface area (Å²) < 4.78 is 5.53. The van der Waals surface area contributed by atoms with Crippen LogP contribution >= 0.6 is 0 Å². The van der Waals surface area contributed by atoms with E-state index in [1.807, 2.05) is 30.3 Å². The molecule has 0 spiro atoms. The van der Waals surface area contributed by atoms with E-state index in [-0.39, 0.29) is 23.8 Å². The van der Waals surface area contributed by atoms with Gasteiger partial charge in [-0.15, -0.1) is 0 Å². The minimum atomic E-state index is -0.834. The van der Waals surface area contributed by atoms with Crippen molar-refractivity contribution in [3.63, 3.8) is 0 Å². The lowest BCUT2D eigenvalue weighted by molar-refractivity contribution is -0.160. The van der Waals surface area contributed by atoms with Gasteiger partial charge in [-0.25, -0.2) is 0 Å². The van der Waals surface area contributed by atoms with Crippen LogP contribution in [0, 0.1) is 23.7 Å². The van der Waals surface area contributed by atoms with Crippen LogP contribution in [0.1, 0.15) is 57.4 Å². The van der Waals surface area contributed by atoms with Gasteiger partial charge >= 0.3 is 5.97 Å². The molecule has 2 atom stereocenters. The van der Waals surface area contributed by atoms with Crippen LogP contribution in [-0.4, -0.2) is 40.9 Å². The first kappa shape index (κ1) is 20.5. The Morgan fingerprint density at radius 2 is 1.71 bits per heavy atom. The quantitative estimate of drug-likeness (QED) is 0.712. The van der Waals surface area contributed by atoms with Gasteiger partial charge in [0.15, 0.2) is 6.10 Å². The highest BCUT2D eigenvalue weighted by molar-refractivity contribution is 5.89. The normalized spacial score (nSPS) is 34.6. The number of hydrogen-bond acceptors (Lipinski definition) is 4. The Balaban J connectivity index is 1.14. The molecule has 1 aliphatic heterocycles. The second-order valence-electron chi connectivity index (χ2n) is 10.4. The summed E-state index contributed by atoms with van der Waals surface area (Å²) in [7, 11) is 0. The topological polar surface area (TPSA) is 75.7 Å². The summed E-state index contributed by atoms with van der Waals surface area (Å²) in [5, 5.41) is 3.28. The van der Waals surface area contributed by atoms with E-state index in [1.54, 1.807) is 11.8 Å². The van der Waals surface area contributed by atoms with Crippen LogP contribution in [0.5, 0.6) is 0 Å². The van der Waals surface area contributed by atoms with Crippen LogP contribution in [0.15, 0.2) is 30.3 Å². The third-order valence-corrected chi connectivity index (χ3v) is 7.85. The maximum atomic E-state index is 12.9. The Bertz CT molecular complexity index is 832. The number of rotatable bonds is 6. The molecule has 4 saturated carbocycles. The second kappa shape index (κ2) is 7.95. The van der Waals surface area contributed by atoms with Gasteiger partial charge < -0.3 is 15.0 Å². The largest absolute Gasteiger partial charge is 0.452 e. The number of nitrogens with zero attached hydrogens (tertiary/aromatic N) is 1. The van der Waals surface area contributed by atoms with Crippen LogP contribution in [0.3, 0.4) is 0 Å². The first-order valence-electron chi connectivity index (χ1n) is 11.7. The van der Waals surface area contributed by atoms with Crippen molar-refractivity contribution in [3.05, 3.63) is 35.9 Å². The number of carbonyl (C=O) groups excluding carboxylic acids is 3. The summed E-state index contributed by atoms with van der Waals surface area (Å²) in [5.74, 6) is 1.03. The lowest BCUT2D eigenvalue weighted by Crippen LogP contribution is -2.61. The van der Waals surface area contributed by atoms with E-state index >= 15 is 0 Å². The van der Waals surface area contributed by atoms with Gasteiger partial charge in [0.1, 0.15) is 0 Å². The van der Waals surface area contributed by atoms with Crippen molar-refractivity contribution in [3.8, 4) is 0 Å². The fourth-order valence-corrected chi connectivity index (χ4v) is 6.84. The van der Waals surface area contributed by atoms with Crippen LogP contribution in [-0.2, 0) is 25.7 Å². The fourth-order valence-electron chi connectivity index (χ4n) is 6.84. The number of carbonyl (C=O) groups is 3. The monoisotopic (exact) mass is 424 g/mol. The van der Waals surface area contributed by atoms with Gasteiger partial charge in [0.05, 0.1) is 5.92 Å². The molecule has 4 bridgehead atoms. The van der Waals surface area contributed by atoms with E-state index in [0.29, 0.717) is 13.1 Å². The van der Waals surface area contributed by atoms with E-state index in [2.05, 4.69) is 5.32 Å². The van der Waals surface area contributed by atoms with Crippen molar-refractivity contribution in [2.45, 2.75) is 70.1 Å². The van der Waals surface area contributed by atoms with Gasteiger partial charge in [-0.05, 0) is 68.8 Å². The molecule has 1 aromatic carbocycles. The molecule has 5 aliphatic rings. The summed E-state index contributed by atoms with van der Waals surface area (Å²) >= 11 is 0. The minimum absolute atomic E-state index is 0.0449. The zero-order valence-corrected chi connectivity index (χ0v) is 18.2. The summed E-state index contributed by atoms with van der Waals surface area (Å²) in [5.41, 5.74) is 0.940. The Labute approximate surface area is 183 Å². The third kappa shape index (κ3) is 4.21. The highest BCUT2D eigenvalue weighted by Gasteiger charge is 2.52. The highest BCUT2D eigenvalue weighted by Crippen LogP contribution is 2.55. The second-order valence-corrected chi connectivity index (χ2v) is 10.4. The molecule has 1 saturated heterocycles. The highest BCUT2D eigenvalue weighted by atomic mass is 16.5. The zero-order chi connectivity index (χ0) is 21.6. The number of hydrogen-bond donors (Lipinski definition) is 1. The number of benzene rings is 1. The molecule has 0 radical (unpaired) electrons. The number of esters is 1. The molecule has 1 heterocycles. The standard InChI is InChI=1S/C25H32N2O4/c1-16(23(29)26-25-11-18-7-19(12-25)9-20(8-18)13-25)31-24(30)21-10-22(28)27(15-21)14-17-5-3-2-4-6-17/h2-6,16,18-21H,7-15H2,1H3,(H,26,29). The number of amides is 2. The van der Waals surface area contributed by atoms with E-state index in [0.717, 1.165) is 42.6 Å². The lowest BCUT2D eigenvalue weighted by atomic mass is 9.53. The first-order chi connectivity index (χ1) is 14.9. The fraction of sp³-hybridized carbons (Fsp3) is 0.640. The van der Waals surface area contributed by atoms with Crippen molar-refractivity contribution >= 4 is 17.8 Å². The van der Waals surface area contributed by atoms with Crippen molar-refractivity contribution in [2.75, 3.05) is 6.54 Å². The van der Waals surface area contributed by atoms with Crippen LogP contribution in [0.4, 0.5) is 0 Å². The summed E-state index contributed by atoms with van der Waals surface area (Å²) in [6, 6.07) is 9.74. The molecule has 31 heavy (non-hydrogen) atoms. The molecule has 1 N–H and O–H groups in total. The Morgan fingerprint density at radius 3 is 2.32 bits per heavy atom. The predicted molar refractivity (Wildman–Crippen MR) is 115 cm³/mol. The van der Waals surface area contributed by atoms with Gasteiger partial charge in [0.25, 0.3) is 5.91 Å². The van der Waals surface area contributed by atoms with Crippen LogP contribution in [0.2, 0.25) is 0 Å². The van der Waals surface area contributed by atoms with Crippen molar-refractivity contribution < 1.29 is 19.1 Å². The molecule has 6 heteroatoms. The molecule has 1 aromatic rings. The molecule has 4 aliphatic carbocycles. The first-order valence-corrected chi connectivity index (χ1v) is 11.7. The molecule has 6 rings (SSSR count). The maximum Gasteiger partial charge on any atom is 0.312 e. The molecular formula is C25H32N2O4. The van der Waals surface area contributed by atoms with Crippen molar-refractivity contribution in [1.29, 1.82) is 0 Å². The lowest BCUT2D eigenvalue weighted by Gasteiger charge is -2.57. The SMILES string of the molecule is CC(OC(=O)C1CC(=O)N(Cc2ccccc2)C1)C(=O)NC12CC3CC(CC(C3)C1)C2. The molecule has 0 aromatic heterocycles. The zero-order valence-electron chi connectivity index (χ0n) is 18.2. The summed E-state index contributed by atoms with van der Waals surface area (Å²) in [6.45, 7) is 2.48. The smallest absolute Gasteiger partial charge is 0.312 e. The van der Waals surface area contributed by atoms with Gasteiger partial charge in [-0.2, -0.15) is 0 Å². The number of ether oxygens (including phenoxy) is 1. The number of nitrogens with one attached hydrogen (secondary N) is 1. The van der Waals surface area contributed by atoms with Gasteiger partial charge in [0.2, 0.25) is 5.91 Å². The molecule has 2 unspecified atom stereocenters. The van der Waals surface area contributed by atoms with Crippen molar-refractivity contribution in [1.82, 2.24) is 10.2 Å². The van der Waals surface area contributed by atoms with E-state index in [1.165, 1.54) is 19.3 Å². The Morgan fingerprint density at radius 1 is 1.10 bits per heavy atom. The van der Waals surface area contributed by atoms with Gasteiger partial charge in [-0.1, -0.05) is 30.3 Å². The molecule has 2 amide bonds. The summed E-state index contributed by atoms with van der Waals surface area (Å²) in [6.07, 6.45) is 6.46. The number of likely N-dealkylation sites (tertiary alicyclic amines) is 1. The molecule has 5 fully saturated rings. The predicted octanol–water partition coefficient (Wildman–Crippen LogP) is 3.05.